The van der Waals surface area contributed by atoms with Gasteiger partial charge >= 0.3 is 6.09 Å². The summed E-state index contributed by atoms with van der Waals surface area (Å²) in [6.45, 7) is 2.40. The molecule has 0 saturated carbocycles. The van der Waals surface area contributed by atoms with Gasteiger partial charge in [-0.25, -0.2) is 9.78 Å². The molecule has 0 spiro atoms. The van der Waals surface area contributed by atoms with Crippen molar-refractivity contribution in [3.05, 3.63) is 210 Å². The smallest absolute Gasteiger partial charge is 0.414 e. The molecule has 2 heterocycles. The predicted molar refractivity (Wildman–Crippen MR) is 194 cm³/mol. The zero-order valence-corrected chi connectivity index (χ0v) is 27.9. The van der Waals surface area contributed by atoms with Crippen molar-refractivity contribution >= 4 is 12.0 Å². The van der Waals surface area contributed by atoms with Gasteiger partial charge in [0.2, 0.25) is 0 Å². The molecule has 7 nitrogen and oxygen atoms in total. The van der Waals surface area contributed by atoms with Gasteiger partial charge in [-0.3, -0.25) is 9.69 Å². The fourth-order valence-electron chi connectivity index (χ4n) is 6.83. The van der Waals surface area contributed by atoms with E-state index in [1.807, 2.05) is 85.2 Å². The molecule has 2 amide bonds. The van der Waals surface area contributed by atoms with E-state index in [1.165, 1.54) is 4.90 Å². The first-order chi connectivity index (χ1) is 24.6. The molecule has 7 rings (SSSR count). The van der Waals surface area contributed by atoms with Gasteiger partial charge in [0.1, 0.15) is 18.2 Å². The van der Waals surface area contributed by atoms with Gasteiger partial charge in [-0.05, 0) is 34.7 Å². The molecule has 0 N–H and O–H groups in total. The predicted octanol–water partition coefficient (Wildman–Crippen LogP) is 8.10. The number of imidazole rings is 1. The van der Waals surface area contributed by atoms with Gasteiger partial charge < -0.3 is 14.2 Å². The first kappa shape index (κ1) is 32.3. The highest BCUT2D eigenvalue weighted by molar-refractivity contribution is 5.88. The number of carbonyl (C=O) groups excluding carboxylic acids is 2. The normalized spacial score (nSPS) is 14.5. The largest absolute Gasteiger partial charge is 0.444 e. The zero-order chi connectivity index (χ0) is 34.3. The van der Waals surface area contributed by atoms with Crippen molar-refractivity contribution < 1.29 is 14.3 Å². The molecule has 7 heteroatoms. The molecule has 0 fully saturated rings. The highest BCUT2D eigenvalue weighted by Gasteiger charge is 2.41. The third-order valence-corrected chi connectivity index (χ3v) is 9.36. The quantitative estimate of drug-likeness (QED) is 0.140. The molecule has 0 radical (unpaired) electrons. The van der Waals surface area contributed by atoms with Crippen molar-refractivity contribution in [2.45, 2.75) is 38.1 Å². The van der Waals surface area contributed by atoms with Crippen LogP contribution in [0.15, 0.2) is 170 Å². The Labute approximate surface area is 292 Å². The van der Waals surface area contributed by atoms with Crippen LogP contribution < -0.4 is 0 Å². The van der Waals surface area contributed by atoms with E-state index in [2.05, 4.69) is 84.3 Å². The lowest BCUT2D eigenvalue weighted by atomic mass is 9.76. The fraction of sp³-hybridized carbons (Fsp3) is 0.140. The molecule has 0 saturated heterocycles. The maximum absolute atomic E-state index is 14.3. The Bertz CT molecular complexity index is 1970. The average Bonchev–Trinajstić information content (AvgIpc) is 3.54. The summed E-state index contributed by atoms with van der Waals surface area (Å²) in [4.78, 5) is 35.7. The summed E-state index contributed by atoms with van der Waals surface area (Å²) >= 11 is 0. The van der Waals surface area contributed by atoms with Crippen molar-refractivity contribution in [1.29, 1.82) is 0 Å². The summed E-state index contributed by atoms with van der Waals surface area (Å²) in [6.07, 6.45) is 4.96. The molecule has 50 heavy (non-hydrogen) atoms. The minimum Gasteiger partial charge on any atom is -0.444 e. The topological polar surface area (TPSA) is 67.7 Å². The van der Waals surface area contributed by atoms with Crippen LogP contribution in [0.2, 0.25) is 0 Å². The molecular weight excluding hydrogens is 620 g/mol. The van der Waals surface area contributed by atoms with E-state index >= 15 is 0 Å². The Hall–Kier alpha value is -6.21. The van der Waals surface area contributed by atoms with Crippen LogP contribution in [0.4, 0.5) is 4.79 Å². The summed E-state index contributed by atoms with van der Waals surface area (Å²) < 4.78 is 7.89. The lowest BCUT2D eigenvalue weighted by molar-refractivity contribution is -0.135. The van der Waals surface area contributed by atoms with E-state index in [1.54, 1.807) is 17.3 Å². The van der Waals surface area contributed by atoms with Crippen LogP contribution in [0.25, 0.3) is 0 Å². The second kappa shape index (κ2) is 14.5. The summed E-state index contributed by atoms with van der Waals surface area (Å²) in [6, 6.07) is 49.8. The van der Waals surface area contributed by atoms with Gasteiger partial charge in [-0.15, -0.1) is 0 Å². The number of amides is 2. The fourth-order valence-corrected chi connectivity index (χ4v) is 6.83. The Morgan fingerprint density at radius 2 is 1.16 bits per heavy atom. The number of hydrogen-bond acceptors (Lipinski definition) is 4. The molecule has 0 aliphatic carbocycles. The number of carbonyl (C=O) groups is 2. The minimum atomic E-state index is -0.787. The van der Waals surface area contributed by atoms with Crippen molar-refractivity contribution in [3.63, 3.8) is 0 Å². The zero-order valence-electron chi connectivity index (χ0n) is 27.9. The summed E-state index contributed by atoms with van der Waals surface area (Å²) in [5.41, 5.74) is 6.04. The molecule has 5 aromatic carbocycles. The van der Waals surface area contributed by atoms with Crippen molar-refractivity contribution in [1.82, 2.24) is 19.4 Å². The van der Waals surface area contributed by atoms with Crippen molar-refractivity contribution in [2.24, 2.45) is 0 Å². The minimum absolute atomic E-state index is 0.114. The first-order valence-corrected chi connectivity index (χ1v) is 16.8. The molecule has 0 unspecified atom stereocenters. The van der Waals surface area contributed by atoms with Crippen LogP contribution in [-0.4, -0.2) is 37.4 Å². The van der Waals surface area contributed by atoms with Gasteiger partial charge in [-0.1, -0.05) is 152 Å². The third-order valence-electron chi connectivity index (χ3n) is 9.36. The number of hydrogen-bond donors (Lipinski definition) is 0. The number of nitrogens with zero attached hydrogens (tertiary/aromatic N) is 4. The van der Waals surface area contributed by atoms with E-state index < -0.39 is 17.7 Å². The second-order valence-electron chi connectivity index (χ2n) is 12.4. The van der Waals surface area contributed by atoms with E-state index in [-0.39, 0.29) is 19.1 Å². The van der Waals surface area contributed by atoms with Gasteiger partial charge in [-0.2, -0.15) is 0 Å². The van der Waals surface area contributed by atoms with Crippen LogP contribution in [0.3, 0.4) is 0 Å². The van der Waals surface area contributed by atoms with Gasteiger partial charge in [0, 0.05) is 24.5 Å². The molecule has 1 aliphatic rings. The van der Waals surface area contributed by atoms with Gasteiger partial charge in [0.25, 0.3) is 5.91 Å². The number of ether oxygens (including phenoxy) is 1. The number of aromatic nitrogens is 2. The van der Waals surface area contributed by atoms with Crippen LogP contribution in [0.1, 0.15) is 39.2 Å². The average molecular weight is 659 g/mol. The number of benzene rings is 5. The standard InChI is InChI=1S/C43H38N4O3/c1-33-39(44-32-47(33)43(36-21-11-4-12-22-36,37-23-13-5-14-24-37)38-25-15-6-16-26-38)30-45-27-28-46(42(49)50-31-35-19-9-3-10-20-35)40(41(45)48)29-34-17-7-2-8-18-34/h2-28,32,40H,29-31H2,1H3/t40-/m0/s1. The summed E-state index contributed by atoms with van der Waals surface area (Å²) in [7, 11) is 0. The van der Waals surface area contributed by atoms with Crippen LogP contribution in [-0.2, 0) is 34.6 Å². The summed E-state index contributed by atoms with van der Waals surface area (Å²) in [5, 5.41) is 0. The maximum atomic E-state index is 14.3. The SMILES string of the molecule is Cc1c(CN2C=CN(C(=O)OCc3ccccc3)[C@@H](Cc3ccccc3)C2=O)ncn1C(c1ccccc1)(c1ccccc1)c1ccccc1. The van der Waals surface area contributed by atoms with Crippen molar-refractivity contribution in [2.75, 3.05) is 0 Å². The van der Waals surface area contributed by atoms with E-state index in [0.29, 0.717) is 6.42 Å². The van der Waals surface area contributed by atoms with Crippen molar-refractivity contribution in [3.8, 4) is 0 Å². The second-order valence-corrected chi connectivity index (χ2v) is 12.4. The Morgan fingerprint density at radius 3 is 1.68 bits per heavy atom. The van der Waals surface area contributed by atoms with Gasteiger partial charge in [0.15, 0.2) is 0 Å². The lowest BCUT2D eigenvalue weighted by Crippen LogP contribution is -2.51. The van der Waals surface area contributed by atoms with E-state index in [0.717, 1.165) is 39.2 Å². The molecule has 6 aromatic rings. The number of rotatable bonds is 10. The van der Waals surface area contributed by atoms with Crippen LogP contribution >= 0.6 is 0 Å². The van der Waals surface area contributed by atoms with Crippen LogP contribution in [0, 0.1) is 6.92 Å². The van der Waals surface area contributed by atoms with Crippen LogP contribution in [0.5, 0.6) is 0 Å². The monoisotopic (exact) mass is 658 g/mol. The summed E-state index contributed by atoms with van der Waals surface area (Å²) in [5.74, 6) is -0.206. The third kappa shape index (κ3) is 6.33. The molecule has 1 aliphatic heterocycles. The molecule has 1 aromatic heterocycles. The Kier molecular flexibility index (Phi) is 9.38. The molecule has 1 atom stereocenters. The maximum Gasteiger partial charge on any atom is 0.414 e. The van der Waals surface area contributed by atoms with E-state index in [9.17, 15) is 9.59 Å². The van der Waals surface area contributed by atoms with Gasteiger partial charge in [0.05, 0.1) is 18.6 Å². The highest BCUT2D eigenvalue weighted by Crippen LogP contribution is 2.42. The molecular formula is C43H38N4O3. The lowest BCUT2D eigenvalue weighted by Gasteiger charge is -2.38. The Balaban J connectivity index is 1.24. The Morgan fingerprint density at radius 1 is 0.680 bits per heavy atom. The first-order valence-electron chi connectivity index (χ1n) is 16.8. The molecule has 0 bridgehead atoms. The molecule has 248 valence electrons. The van der Waals surface area contributed by atoms with E-state index in [4.69, 9.17) is 9.72 Å². The highest BCUT2D eigenvalue weighted by atomic mass is 16.6.